The van der Waals surface area contributed by atoms with E-state index in [1.165, 1.54) is 18.5 Å². The molecule has 0 aliphatic carbocycles. The molecule has 9 heteroatoms. The molecule has 31 heavy (non-hydrogen) atoms. The Morgan fingerprint density at radius 2 is 1.94 bits per heavy atom. The van der Waals surface area contributed by atoms with E-state index in [0.717, 1.165) is 42.5 Å². The van der Waals surface area contributed by atoms with Crippen LogP contribution in [0.25, 0.3) is 16.8 Å². The number of ether oxygens (including phenoxy) is 1. The summed E-state index contributed by atoms with van der Waals surface area (Å²) in [6, 6.07) is 4.30. The van der Waals surface area contributed by atoms with Crippen molar-refractivity contribution in [3.63, 3.8) is 0 Å². The van der Waals surface area contributed by atoms with Crippen LogP contribution in [0.2, 0.25) is 0 Å². The zero-order valence-corrected chi connectivity index (χ0v) is 17.5. The highest BCUT2D eigenvalue weighted by atomic mass is 16.5. The summed E-state index contributed by atoms with van der Waals surface area (Å²) >= 11 is 0. The van der Waals surface area contributed by atoms with E-state index in [1.807, 2.05) is 0 Å². The number of nitrogens with two attached hydrogens (primary N) is 1. The predicted molar refractivity (Wildman–Crippen MR) is 114 cm³/mol. The molecule has 3 aromatic heterocycles. The van der Waals surface area contributed by atoms with E-state index in [0.29, 0.717) is 29.1 Å². The van der Waals surface area contributed by atoms with Crippen molar-refractivity contribution in [3.8, 4) is 11.1 Å². The second-order valence-corrected chi connectivity index (χ2v) is 8.34. The highest BCUT2D eigenvalue weighted by Gasteiger charge is 2.37. The molecule has 1 unspecified atom stereocenters. The topological polar surface area (TPSA) is 124 Å². The second-order valence-electron chi connectivity index (χ2n) is 8.34. The molecule has 2 aliphatic heterocycles. The van der Waals surface area contributed by atoms with Crippen LogP contribution in [-0.4, -0.2) is 50.5 Å². The number of hydrogen-bond donors (Lipinski definition) is 2. The molecule has 2 fully saturated rings. The molecule has 0 radical (unpaired) electrons. The average molecular weight is 420 g/mol. The van der Waals surface area contributed by atoms with Crippen molar-refractivity contribution in [1.29, 1.82) is 0 Å². The summed E-state index contributed by atoms with van der Waals surface area (Å²) in [5.41, 5.74) is 9.95. The van der Waals surface area contributed by atoms with Crippen LogP contribution in [0.3, 0.4) is 0 Å². The fraction of sp³-hybridized carbons (Fsp3) is 0.409. The standard InChI is InChI=1S/C22H24N6O3/c1-11(29)18-19(13-7-14-4-5-15(8-13)26-14)27-21-16(10-25-28(21)20(18)23)12-3-6-17(24-9-12)22(30)31-2/h3,6,9-10,13-15,26H,4-5,7-8,23H2,1-2H3/t13?,14-,15+. The number of carbonyl (C=O) groups excluding carboxylic acids is 2. The van der Waals surface area contributed by atoms with Crippen LogP contribution in [0.4, 0.5) is 5.82 Å². The van der Waals surface area contributed by atoms with Crippen LogP contribution in [0, 0.1) is 0 Å². The predicted octanol–water partition coefficient (Wildman–Crippen LogP) is 2.36. The minimum Gasteiger partial charge on any atom is -0.464 e. The molecule has 9 nitrogen and oxygen atoms in total. The first kappa shape index (κ1) is 19.6. The van der Waals surface area contributed by atoms with E-state index in [2.05, 4.69) is 15.4 Å². The van der Waals surface area contributed by atoms with Crippen LogP contribution in [-0.2, 0) is 4.74 Å². The molecule has 0 aromatic carbocycles. The van der Waals surface area contributed by atoms with E-state index >= 15 is 0 Å². The summed E-state index contributed by atoms with van der Waals surface area (Å²) in [7, 11) is 1.32. The molecule has 5 rings (SSSR count). The molecule has 0 saturated carbocycles. The summed E-state index contributed by atoms with van der Waals surface area (Å²) < 4.78 is 6.22. The molecular formula is C22H24N6O3. The number of aromatic nitrogens is 4. The van der Waals surface area contributed by atoms with Gasteiger partial charge in [0.1, 0.15) is 11.5 Å². The number of nitrogens with one attached hydrogen (secondary N) is 1. The maximum Gasteiger partial charge on any atom is 0.356 e. The Hall–Kier alpha value is -3.33. The number of pyridine rings is 1. The number of ketones is 1. The van der Waals surface area contributed by atoms with Gasteiger partial charge in [-0.05, 0) is 38.7 Å². The molecule has 0 spiro atoms. The van der Waals surface area contributed by atoms with Gasteiger partial charge in [0.05, 0.1) is 24.6 Å². The van der Waals surface area contributed by atoms with Crippen molar-refractivity contribution in [2.45, 2.75) is 50.6 Å². The van der Waals surface area contributed by atoms with Crippen LogP contribution < -0.4 is 11.1 Å². The van der Waals surface area contributed by atoms with Gasteiger partial charge in [-0.3, -0.25) is 4.79 Å². The van der Waals surface area contributed by atoms with Gasteiger partial charge < -0.3 is 15.8 Å². The zero-order chi connectivity index (χ0) is 21.7. The Balaban J connectivity index is 1.63. The van der Waals surface area contributed by atoms with Crippen molar-refractivity contribution < 1.29 is 14.3 Å². The molecular weight excluding hydrogens is 396 g/mol. The Labute approximate surface area is 179 Å². The van der Waals surface area contributed by atoms with E-state index in [9.17, 15) is 9.59 Å². The number of esters is 1. The smallest absolute Gasteiger partial charge is 0.356 e. The second kappa shape index (κ2) is 7.42. The monoisotopic (exact) mass is 420 g/mol. The van der Waals surface area contributed by atoms with E-state index in [4.69, 9.17) is 15.5 Å². The number of Topliss-reactive ketones (excluding diaryl/α,β-unsaturated/α-hetero) is 1. The quantitative estimate of drug-likeness (QED) is 0.487. The minimum atomic E-state index is -0.497. The number of methoxy groups -OCH3 is 1. The third-order valence-electron chi connectivity index (χ3n) is 6.39. The lowest BCUT2D eigenvalue weighted by molar-refractivity contribution is 0.0594. The molecule has 160 valence electrons. The number of fused-ring (bicyclic) bond motifs is 3. The summed E-state index contributed by atoms with van der Waals surface area (Å²) in [6.45, 7) is 1.53. The maximum absolute atomic E-state index is 12.5. The first-order valence-electron chi connectivity index (χ1n) is 10.4. The van der Waals surface area contributed by atoms with Gasteiger partial charge in [-0.25, -0.2) is 14.8 Å². The molecule has 3 aromatic rings. The van der Waals surface area contributed by atoms with Crippen LogP contribution >= 0.6 is 0 Å². The van der Waals surface area contributed by atoms with Gasteiger partial charge in [0.15, 0.2) is 11.4 Å². The largest absolute Gasteiger partial charge is 0.464 e. The van der Waals surface area contributed by atoms with E-state index in [1.54, 1.807) is 24.5 Å². The van der Waals surface area contributed by atoms with Crippen LogP contribution in [0.5, 0.6) is 0 Å². The molecule has 2 aliphatic rings. The van der Waals surface area contributed by atoms with Crippen molar-refractivity contribution in [2.24, 2.45) is 0 Å². The fourth-order valence-corrected chi connectivity index (χ4v) is 4.95. The van der Waals surface area contributed by atoms with Crippen LogP contribution in [0.1, 0.15) is 65.1 Å². The van der Waals surface area contributed by atoms with Crippen molar-refractivity contribution in [2.75, 3.05) is 12.8 Å². The zero-order valence-electron chi connectivity index (χ0n) is 17.5. The van der Waals surface area contributed by atoms with Crippen molar-refractivity contribution in [1.82, 2.24) is 24.9 Å². The van der Waals surface area contributed by atoms with Gasteiger partial charge in [-0.15, -0.1) is 0 Å². The molecule has 3 atom stereocenters. The van der Waals surface area contributed by atoms with Gasteiger partial charge in [0.25, 0.3) is 0 Å². The molecule has 0 amide bonds. The molecule has 2 saturated heterocycles. The number of rotatable bonds is 4. The highest BCUT2D eigenvalue weighted by Crippen LogP contribution is 2.39. The third kappa shape index (κ3) is 3.25. The van der Waals surface area contributed by atoms with Crippen molar-refractivity contribution in [3.05, 3.63) is 41.5 Å². The molecule has 3 N–H and O–H groups in total. The Bertz CT molecular complexity index is 1170. The highest BCUT2D eigenvalue weighted by molar-refractivity contribution is 6.00. The lowest BCUT2D eigenvalue weighted by atomic mass is 9.86. The number of carbonyl (C=O) groups is 2. The Morgan fingerprint density at radius 1 is 1.19 bits per heavy atom. The van der Waals surface area contributed by atoms with Gasteiger partial charge in [-0.2, -0.15) is 9.61 Å². The summed E-state index contributed by atoms with van der Waals surface area (Å²) in [6.07, 6.45) is 7.45. The Morgan fingerprint density at radius 3 is 2.55 bits per heavy atom. The number of nitrogen functional groups attached to an aromatic ring is 1. The lowest BCUT2D eigenvalue weighted by Gasteiger charge is -2.30. The fourth-order valence-electron chi connectivity index (χ4n) is 4.95. The summed E-state index contributed by atoms with van der Waals surface area (Å²) in [5.74, 6) is -0.118. The number of hydrogen-bond acceptors (Lipinski definition) is 8. The van der Waals surface area contributed by atoms with E-state index in [-0.39, 0.29) is 17.4 Å². The Kier molecular flexibility index (Phi) is 4.70. The summed E-state index contributed by atoms with van der Waals surface area (Å²) in [4.78, 5) is 33.3. The molecule has 5 heterocycles. The SMILES string of the molecule is COC(=O)c1ccc(-c2cnn3c(N)c(C(C)=O)c(C4C[C@H]5CC[C@@H](C4)N5)nc23)cn1. The van der Waals surface area contributed by atoms with Gasteiger partial charge >= 0.3 is 5.97 Å². The number of anilines is 1. The summed E-state index contributed by atoms with van der Waals surface area (Å²) in [5, 5.41) is 8.02. The lowest BCUT2D eigenvalue weighted by Crippen LogP contribution is -2.38. The number of nitrogens with zero attached hydrogens (tertiary/aromatic N) is 4. The average Bonchev–Trinajstić information content (AvgIpc) is 3.35. The van der Waals surface area contributed by atoms with Gasteiger partial charge in [-0.1, -0.05) is 6.07 Å². The normalized spacial score (nSPS) is 22.6. The number of piperidine rings is 1. The third-order valence-corrected chi connectivity index (χ3v) is 6.39. The van der Waals surface area contributed by atoms with Gasteiger partial charge in [0.2, 0.25) is 0 Å². The molecule has 2 bridgehead atoms. The maximum atomic E-state index is 12.5. The van der Waals surface area contributed by atoms with E-state index < -0.39 is 5.97 Å². The van der Waals surface area contributed by atoms with Crippen molar-refractivity contribution >= 4 is 23.2 Å². The van der Waals surface area contributed by atoms with Gasteiger partial charge in [0, 0.05) is 35.3 Å². The van der Waals surface area contributed by atoms with Crippen LogP contribution in [0.15, 0.2) is 24.5 Å². The minimum absolute atomic E-state index is 0.103. The first-order chi connectivity index (χ1) is 15.0. The first-order valence-corrected chi connectivity index (χ1v) is 10.4.